The van der Waals surface area contributed by atoms with E-state index in [1.807, 2.05) is 24.3 Å². The molecule has 1 saturated heterocycles. The summed E-state index contributed by atoms with van der Waals surface area (Å²) in [5.74, 6) is -0.0145. The Kier molecular flexibility index (Phi) is 5.82. The highest BCUT2D eigenvalue weighted by Gasteiger charge is 2.29. The third-order valence-corrected chi connectivity index (χ3v) is 5.64. The second kappa shape index (κ2) is 8.66. The van der Waals surface area contributed by atoms with Gasteiger partial charge in [0.1, 0.15) is 0 Å². The van der Waals surface area contributed by atoms with Gasteiger partial charge in [-0.3, -0.25) is 4.79 Å². The number of carbonyl (C=O) groups is 1. The van der Waals surface area contributed by atoms with E-state index < -0.39 is 0 Å². The van der Waals surface area contributed by atoms with Gasteiger partial charge >= 0.3 is 0 Å². The van der Waals surface area contributed by atoms with Gasteiger partial charge < -0.3 is 10.2 Å². The molecular weight excluding hydrogens is 368 g/mol. The van der Waals surface area contributed by atoms with Crippen LogP contribution in [-0.4, -0.2) is 23.9 Å². The number of allylic oxidation sites excluding steroid dienone is 1. The van der Waals surface area contributed by atoms with E-state index in [1.165, 1.54) is 30.4 Å². The van der Waals surface area contributed by atoms with E-state index in [0.717, 1.165) is 42.9 Å². The van der Waals surface area contributed by atoms with Gasteiger partial charge in [-0.05, 0) is 67.5 Å². The predicted molar refractivity (Wildman–Crippen MR) is 116 cm³/mol. The van der Waals surface area contributed by atoms with Crippen molar-refractivity contribution in [3.63, 3.8) is 0 Å². The fourth-order valence-corrected chi connectivity index (χ4v) is 4.28. The van der Waals surface area contributed by atoms with Crippen LogP contribution in [0, 0.1) is 0 Å². The van der Waals surface area contributed by atoms with Gasteiger partial charge in [-0.15, -0.1) is 0 Å². The van der Waals surface area contributed by atoms with Crippen molar-refractivity contribution >= 4 is 29.3 Å². The molecule has 3 nitrogen and oxygen atoms in total. The fraction of sp³-hybridized carbons (Fsp3) is 0.292. The highest BCUT2D eigenvalue weighted by molar-refractivity contribution is 6.31. The van der Waals surface area contributed by atoms with E-state index in [0.29, 0.717) is 5.02 Å². The summed E-state index contributed by atoms with van der Waals surface area (Å²) in [5, 5.41) is 3.67. The molecule has 2 aliphatic rings. The summed E-state index contributed by atoms with van der Waals surface area (Å²) < 4.78 is 0. The quantitative estimate of drug-likeness (QED) is 0.702. The van der Waals surface area contributed by atoms with Crippen molar-refractivity contribution in [3.05, 3.63) is 82.0 Å². The van der Waals surface area contributed by atoms with Crippen molar-refractivity contribution in [1.82, 2.24) is 4.90 Å². The Hall–Kier alpha value is -2.52. The van der Waals surface area contributed by atoms with Gasteiger partial charge in [-0.1, -0.05) is 48.0 Å². The third kappa shape index (κ3) is 4.31. The van der Waals surface area contributed by atoms with Gasteiger partial charge in [0.25, 0.3) is 5.91 Å². The molecule has 2 aromatic carbocycles. The van der Waals surface area contributed by atoms with E-state index in [1.54, 1.807) is 6.07 Å². The van der Waals surface area contributed by atoms with E-state index >= 15 is 0 Å². The molecule has 28 heavy (non-hydrogen) atoms. The Morgan fingerprint density at radius 3 is 2.50 bits per heavy atom. The molecule has 0 bridgehead atoms. The van der Waals surface area contributed by atoms with Crippen molar-refractivity contribution in [2.24, 2.45) is 0 Å². The second-order valence-corrected chi connectivity index (χ2v) is 7.86. The van der Waals surface area contributed by atoms with Crippen LogP contribution in [0.2, 0.25) is 5.02 Å². The molecule has 0 aromatic heterocycles. The molecule has 2 aromatic rings. The Labute approximate surface area is 171 Å². The lowest BCUT2D eigenvalue weighted by molar-refractivity contribution is -0.113. The van der Waals surface area contributed by atoms with E-state index in [2.05, 4.69) is 40.6 Å². The molecule has 1 amide bonds. The standard InChI is InChI=1S/C24H25ClN2O/c25-20-10-7-11-21(17-20)26-24(28)22-13-12-19(16-18-8-3-1-4-9-18)23(22)27-14-5-2-6-15-27/h1,3-4,7-11,16-17H,2,5-6,12-15H2,(H,26,28)/b19-16+. The van der Waals surface area contributed by atoms with Gasteiger partial charge in [0.15, 0.2) is 0 Å². The highest BCUT2D eigenvalue weighted by atomic mass is 35.5. The van der Waals surface area contributed by atoms with Gasteiger partial charge in [0.05, 0.1) is 0 Å². The normalized spacial score (nSPS) is 18.6. The second-order valence-electron chi connectivity index (χ2n) is 7.42. The van der Waals surface area contributed by atoms with Gasteiger partial charge in [0.2, 0.25) is 0 Å². The molecule has 1 heterocycles. The minimum absolute atomic E-state index is 0.0145. The first kappa shape index (κ1) is 18.8. The lowest BCUT2D eigenvalue weighted by Gasteiger charge is -2.31. The van der Waals surface area contributed by atoms with E-state index in [-0.39, 0.29) is 5.91 Å². The predicted octanol–water partition coefficient (Wildman–Crippen LogP) is 5.90. The zero-order chi connectivity index (χ0) is 19.3. The molecule has 4 rings (SSSR count). The number of benzene rings is 2. The molecule has 1 fully saturated rings. The maximum atomic E-state index is 13.1. The monoisotopic (exact) mass is 392 g/mol. The summed E-state index contributed by atoms with van der Waals surface area (Å²) in [6.07, 6.45) is 7.56. The molecule has 1 aliphatic heterocycles. The van der Waals surface area contributed by atoms with Gasteiger partial charge in [-0.25, -0.2) is 0 Å². The van der Waals surface area contributed by atoms with Gasteiger partial charge in [-0.2, -0.15) is 0 Å². The van der Waals surface area contributed by atoms with Gasteiger partial charge in [0, 0.05) is 35.1 Å². The average molecular weight is 393 g/mol. The molecule has 144 valence electrons. The summed E-state index contributed by atoms with van der Waals surface area (Å²) in [5.41, 5.74) is 5.23. The van der Waals surface area contributed by atoms with Crippen molar-refractivity contribution in [2.45, 2.75) is 32.1 Å². The Morgan fingerprint density at radius 2 is 1.75 bits per heavy atom. The molecule has 0 atom stereocenters. The van der Waals surface area contributed by atoms with Crippen LogP contribution in [0.1, 0.15) is 37.7 Å². The molecule has 0 spiro atoms. The minimum Gasteiger partial charge on any atom is -0.371 e. The Balaban J connectivity index is 1.67. The summed E-state index contributed by atoms with van der Waals surface area (Å²) in [6, 6.07) is 17.7. The van der Waals surface area contributed by atoms with E-state index in [9.17, 15) is 4.79 Å². The van der Waals surface area contributed by atoms with Crippen molar-refractivity contribution in [1.29, 1.82) is 0 Å². The number of likely N-dealkylation sites (tertiary alicyclic amines) is 1. The zero-order valence-electron chi connectivity index (χ0n) is 16.0. The van der Waals surface area contributed by atoms with Crippen LogP contribution in [0.15, 0.2) is 71.4 Å². The Bertz CT molecular complexity index is 911. The molecule has 1 N–H and O–H groups in total. The largest absolute Gasteiger partial charge is 0.371 e. The molecular formula is C24H25ClN2O. The molecule has 0 saturated carbocycles. The first-order valence-corrected chi connectivity index (χ1v) is 10.4. The third-order valence-electron chi connectivity index (χ3n) is 5.40. The lowest BCUT2D eigenvalue weighted by Crippen LogP contribution is -2.31. The number of nitrogens with zero attached hydrogens (tertiary/aromatic N) is 1. The number of carbonyl (C=O) groups excluding carboxylic acids is 1. The Morgan fingerprint density at radius 1 is 0.964 bits per heavy atom. The first-order chi connectivity index (χ1) is 13.7. The summed E-state index contributed by atoms with van der Waals surface area (Å²) in [7, 11) is 0. The smallest absolute Gasteiger partial charge is 0.253 e. The SMILES string of the molecule is O=C(Nc1cccc(Cl)c1)C1=C(N2CCCCC2)/C(=C/c2ccccc2)CC1. The topological polar surface area (TPSA) is 32.3 Å². The number of rotatable bonds is 4. The average Bonchev–Trinajstić information content (AvgIpc) is 3.13. The maximum absolute atomic E-state index is 13.1. The van der Waals surface area contributed by atoms with Crippen molar-refractivity contribution < 1.29 is 4.79 Å². The maximum Gasteiger partial charge on any atom is 0.253 e. The van der Waals surface area contributed by atoms with Crippen LogP contribution in [0.4, 0.5) is 5.69 Å². The van der Waals surface area contributed by atoms with Crippen molar-refractivity contribution in [2.75, 3.05) is 18.4 Å². The molecule has 4 heteroatoms. The van der Waals surface area contributed by atoms with Crippen molar-refractivity contribution in [3.8, 4) is 0 Å². The molecule has 1 aliphatic carbocycles. The zero-order valence-corrected chi connectivity index (χ0v) is 16.7. The number of piperidine rings is 1. The first-order valence-electron chi connectivity index (χ1n) is 10.0. The fourth-order valence-electron chi connectivity index (χ4n) is 4.09. The van der Waals surface area contributed by atoms with Crippen LogP contribution in [-0.2, 0) is 4.79 Å². The summed E-state index contributed by atoms with van der Waals surface area (Å²) in [4.78, 5) is 15.5. The number of hydrogen-bond acceptors (Lipinski definition) is 2. The van der Waals surface area contributed by atoms with E-state index in [4.69, 9.17) is 11.6 Å². The van der Waals surface area contributed by atoms with Crippen LogP contribution >= 0.6 is 11.6 Å². The minimum atomic E-state index is -0.0145. The van der Waals surface area contributed by atoms with Crippen LogP contribution in [0.5, 0.6) is 0 Å². The highest BCUT2D eigenvalue weighted by Crippen LogP contribution is 2.37. The number of hydrogen-bond donors (Lipinski definition) is 1. The van der Waals surface area contributed by atoms with Crippen LogP contribution in [0.25, 0.3) is 6.08 Å². The molecule has 0 unspecified atom stereocenters. The summed E-state index contributed by atoms with van der Waals surface area (Å²) >= 11 is 6.07. The number of anilines is 1. The molecule has 0 radical (unpaired) electrons. The number of halogens is 1. The number of amides is 1. The summed E-state index contributed by atoms with van der Waals surface area (Å²) in [6.45, 7) is 2.05. The van der Waals surface area contributed by atoms with Crippen LogP contribution in [0.3, 0.4) is 0 Å². The lowest BCUT2D eigenvalue weighted by atomic mass is 10.0. The van der Waals surface area contributed by atoms with Crippen LogP contribution < -0.4 is 5.32 Å². The number of nitrogens with one attached hydrogen (secondary N) is 1.